The van der Waals surface area contributed by atoms with E-state index in [1.807, 2.05) is 23.1 Å². The topological polar surface area (TPSA) is 67.3 Å². The first-order valence-corrected chi connectivity index (χ1v) is 6.16. The summed E-state index contributed by atoms with van der Waals surface area (Å²) in [5.74, 6) is 0.522. The molecule has 0 unspecified atom stereocenters. The van der Waals surface area contributed by atoms with Crippen molar-refractivity contribution in [3.8, 4) is 6.19 Å². The molecule has 1 aromatic carbocycles. The van der Waals surface area contributed by atoms with Gasteiger partial charge in [-0.1, -0.05) is 23.3 Å². The predicted octanol–water partition coefficient (Wildman–Crippen LogP) is 1.73. The zero-order chi connectivity index (χ0) is 13.5. The van der Waals surface area contributed by atoms with Gasteiger partial charge in [0.15, 0.2) is 0 Å². The highest BCUT2D eigenvalue weighted by atomic mass is 15.4. The standard InChI is InChI=1S/C13H16N6/c1-15-13(17-16-11-14)19-9-7-18(8-10-19)12-5-3-2-4-6-12/h2-6H,7-10H2,1H3/b15-13+,17-16-. The van der Waals surface area contributed by atoms with E-state index in [0.717, 1.165) is 26.2 Å². The summed E-state index contributed by atoms with van der Waals surface area (Å²) < 4.78 is 0. The maximum absolute atomic E-state index is 8.41. The molecule has 1 heterocycles. The molecule has 0 radical (unpaired) electrons. The minimum atomic E-state index is 0.522. The predicted molar refractivity (Wildman–Crippen MR) is 74.1 cm³/mol. The lowest BCUT2D eigenvalue weighted by molar-refractivity contribution is 0.380. The molecule has 6 heteroatoms. The largest absolute Gasteiger partial charge is 0.368 e. The molecule has 0 saturated carbocycles. The molecule has 98 valence electrons. The molecule has 1 saturated heterocycles. The van der Waals surface area contributed by atoms with Gasteiger partial charge in [-0.2, -0.15) is 5.26 Å². The lowest BCUT2D eigenvalue weighted by Crippen LogP contribution is -2.48. The van der Waals surface area contributed by atoms with E-state index in [0.29, 0.717) is 5.96 Å². The molecule has 2 rings (SSSR count). The van der Waals surface area contributed by atoms with Crippen molar-refractivity contribution in [2.45, 2.75) is 0 Å². The van der Waals surface area contributed by atoms with Gasteiger partial charge in [-0.25, -0.2) is 0 Å². The van der Waals surface area contributed by atoms with Gasteiger partial charge in [0.1, 0.15) is 0 Å². The molecule has 1 aliphatic rings. The first-order valence-electron chi connectivity index (χ1n) is 6.16. The van der Waals surface area contributed by atoms with Crippen molar-refractivity contribution >= 4 is 11.6 Å². The first kappa shape index (κ1) is 13.0. The van der Waals surface area contributed by atoms with Crippen molar-refractivity contribution in [3.05, 3.63) is 30.3 Å². The maximum Gasteiger partial charge on any atom is 0.241 e. The number of anilines is 1. The van der Waals surface area contributed by atoms with Gasteiger partial charge < -0.3 is 9.80 Å². The smallest absolute Gasteiger partial charge is 0.241 e. The molecule has 19 heavy (non-hydrogen) atoms. The number of nitrogens with zero attached hydrogens (tertiary/aromatic N) is 6. The van der Waals surface area contributed by atoms with Crippen molar-refractivity contribution in [2.24, 2.45) is 15.2 Å². The van der Waals surface area contributed by atoms with Gasteiger partial charge in [0, 0.05) is 38.9 Å². The summed E-state index contributed by atoms with van der Waals surface area (Å²) in [6.07, 6.45) is 1.65. The van der Waals surface area contributed by atoms with Crippen molar-refractivity contribution < 1.29 is 0 Å². The number of guanidine groups is 1. The Kier molecular flexibility index (Phi) is 4.45. The third-order valence-electron chi connectivity index (χ3n) is 3.07. The fourth-order valence-electron chi connectivity index (χ4n) is 2.12. The molecule has 0 bridgehead atoms. The second-order valence-corrected chi connectivity index (χ2v) is 4.13. The van der Waals surface area contributed by atoms with E-state index in [2.05, 4.69) is 32.3 Å². The van der Waals surface area contributed by atoms with E-state index in [1.54, 1.807) is 13.2 Å². The summed E-state index contributed by atoms with van der Waals surface area (Å²) in [5, 5.41) is 15.6. The molecular weight excluding hydrogens is 240 g/mol. The first-order chi connectivity index (χ1) is 9.35. The van der Waals surface area contributed by atoms with E-state index >= 15 is 0 Å². The second-order valence-electron chi connectivity index (χ2n) is 4.13. The van der Waals surface area contributed by atoms with Crippen LogP contribution >= 0.6 is 0 Å². The highest BCUT2D eigenvalue weighted by Gasteiger charge is 2.19. The number of piperazine rings is 1. The van der Waals surface area contributed by atoms with Crippen LogP contribution in [0.25, 0.3) is 0 Å². The molecule has 6 nitrogen and oxygen atoms in total. The number of hydrogen-bond donors (Lipinski definition) is 0. The van der Waals surface area contributed by atoms with Gasteiger partial charge in [-0.05, 0) is 12.1 Å². The van der Waals surface area contributed by atoms with E-state index in [1.165, 1.54) is 5.69 Å². The van der Waals surface area contributed by atoms with E-state index in [4.69, 9.17) is 5.26 Å². The van der Waals surface area contributed by atoms with Crippen LogP contribution in [0.1, 0.15) is 0 Å². The highest BCUT2D eigenvalue weighted by molar-refractivity contribution is 5.80. The number of nitriles is 1. The summed E-state index contributed by atoms with van der Waals surface area (Å²) in [6, 6.07) is 10.3. The zero-order valence-corrected chi connectivity index (χ0v) is 10.9. The van der Waals surface area contributed by atoms with Crippen molar-refractivity contribution in [1.29, 1.82) is 5.26 Å². The van der Waals surface area contributed by atoms with Gasteiger partial charge >= 0.3 is 0 Å². The average molecular weight is 256 g/mol. The number of hydrogen-bond acceptors (Lipinski definition) is 4. The SMILES string of the molecule is C/N=C(\N=N/C#N)N1CCN(c2ccccc2)CC1. The van der Waals surface area contributed by atoms with Crippen molar-refractivity contribution in [1.82, 2.24) is 4.90 Å². The van der Waals surface area contributed by atoms with Gasteiger partial charge in [-0.3, -0.25) is 4.99 Å². The van der Waals surface area contributed by atoms with Gasteiger partial charge in [-0.15, -0.1) is 5.11 Å². The van der Waals surface area contributed by atoms with E-state index < -0.39 is 0 Å². The number of azo groups is 1. The molecule has 0 aromatic heterocycles. The van der Waals surface area contributed by atoms with Crippen molar-refractivity contribution in [2.75, 3.05) is 38.1 Å². The Balaban J connectivity index is 1.96. The molecule has 0 atom stereocenters. The van der Waals surface area contributed by atoms with Crippen LogP contribution in [0.2, 0.25) is 0 Å². The van der Waals surface area contributed by atoms with Crippen LogP contribution in [0, 0.1) is 11.5 Å². The Morgan fingerprint density at radius 2 is 1.84 bits per heavy atom. The fraction of sp³-hybridized carbons (Fsp3) is 0.385. The summed E-state index contributed by atoms with van der Waals surface area (Å²) in [7, 11) is 1.66. The number of para-hydroxylation sites is 1. The van der Waals surface area contributed by atoms with Crippen molar-refractivity contribution in [3.63, 3.8) is 0 Å². The lowest BCUT2D eigenvalue weighted by atomic mass is 10.2. The van der Waals surface area contributed by atoms with Gasteiger partial charge in [0.2, 0.25) is 12.2 Å². The molecule has 1 fully saturated rings. The van der Waals surface area contributed by atoms with Crippen LogP contribution in [0.5, 0.6) is 0 Å². The normalized spacial score (nSPS) is 16.7. The Morgan fingerprint density at radius 1 is 1.16 bits per heavy atom. The molecule has 0 amide bonds. The minimum absolute atomic E-state index is 0.522. The number of rotatable bonds is 1. The van der Waals surface area contributed by atoms with Gasteiger partial charge in [0.05, 0.1) is 0 Å². The zero-order valence-electron chi connectivity index (χ0n) is 10.9. The average Bonchev–Trinajstić information content (AvgIpc) is 2.49. The molecule has 0 aliphatic carbocycles. The Bertz CT molecular complexity index is 494. The maximum atomic E-state index is 8.41. The Labute approximate surface area is 112 Å². The minimum Gasteiger partial charge on any atom is -0.368 e. The molecule has 1 aromatic rings. The summed E-state index contributed by atoms with van der Waals surface area (Å²) in [4.78, 5) is 8.43. The molecular formula is C13H16N6. The Hall–Kier alpha value is -2.42. The third kappa shape index (κ3) is 3.28. The summed E-state index contributed by atoms with van der Waals surface area (Å²) in [6.45, 7) is 3.47. The van der Waals surface area contributed by atoms with Crippen LogP contribution in [0.3, 0.4) is 0 Å². The fourth-order valence-corrected chi connectivity index (χ4v) is 2.12. The molecule has 0 spiro atoms. The monoisotopic (exact) mass is 256 g/mol. The lowest BCUT2D eigenvalue weighted by Gasteiger charge is -2.36. The van der Waals surface area contributed by atoms with Gasteiger partial charge in [0.25, 0.3) is 0 Å². The summed E-state index contributed by atoms with van der Waals surface area (Å²) in [5.41, 5.74) is 1.23. The number of aliphatic imine (C=N–C) groups is 1. The highest BCUT2D eigenvalue weighted by Crippen LogP contribution is 2.15. The molecule has 1 aliphatic heterocycles. The Morgan fingerprint density at radius 3 is 2.42 bits per heavy atom. The van der Waals surface area contributed by atoms with Crippen LogP contribution < -0.4 is 4.90 Å². The van der Waals surface area contributed by atoms with E-state index in [9.17, 15) is 0 Å². The van der Waals surface area contributed by atoms with E-state index in [-0.39, 0.29) is 0 Å². The number of benzene rings is 1. The molecule has 0 N–H and O–H groups in total. The summed E-state index contributed by atoms with van der Waals surface area (Å²) >= 11 is 0. The van der Waals surface area contributed by atoms with Crippen LogP contribution in [-0.4, -0.2) is 44.1 Å². The second kappa shape index (κ2) is 6.50. The van der Waals surface area contributed by atoms with Crippen LogP contribution in [-0.2, 0) is 0 Å². The van der Waals surface area contributed by atoms with Crippen LogP contribution in [0.15, 0.2) is 45.6 Å². The van der Waals surface area contributed by atoms with Crippen LogP contribution in [0.4, 0.5) is 5.69 Å². The quantitative estimate of drug-likeness (QED) is 0.332. The third-order valence-corrected chi connectivity index (χ3v) is 3.07.